The highest BCUT2D eigenvalue weighted by atomic mass is 32.2. The number of carbonyl (C=O) groups excluding carboxylic acids is 2. The van der Waals surface area contributed by atoms with Crippen LogP contribution in [0.3, 0.4) is 0 Å². The predicted molar refractivity (Wildman–Crippen MR) is 146 cm³/mol. The molecule has 0 aromatic heterocycles. The van der Waals surface area contributed by atoms with Gasteiger partial charge in [-0.3, -0.25) is 9.59 Å². The van der Waals surface area contributed by atoms with Crippen molar-refractivity contribution in [1.82, 2.24) is 10.2 Å². The molecule has 1 N–H and O–H groups in total. The van der Waals surface area contributed by atoms with Gasteiger partial charge in [-0.15, -0.1) is 11.8 Å². The normalized spacial score (nSPS) is 11.6. The van der Waals surface area contributed by atoms with Gasteiger partial charge in [0, 0.05) is 25.3 Å². The summed E-state index contributed by atoms with van der Waals surface area (Å²) in [6.45, 7) is 5.06. The summed E-state index contributed by atoms with van der Waals surface area (Å²) >= 11 is 1.47. The molecule has 3 aromatic rings. The van der Waals surface area contributed by atoms with Crippen LogP contribution in [-0.4, -0.2) is 35.1 Å². The minimum Gasteiger partial charge on any atom is -0.354 e. The van der Waals surface area contributed by atoms with Crippen LogP contribution in [0.15, 0.2) is 78.9 Å². The van der Waals surface area contributed by atoms with E-state index in [0.29, 0.717) is 25.3 Å². The number of thioether (sulfide) groups is 1. The van der Waals surface area contributed by atoms with Crippen LogP contribution in [0.4, 0.5) is 4.39 Å². The van der Waals surface area contributed by atoms with Crippen molar-refractivity contribution in [3.63, 3.8) is 0 Å². The molecule has 0 aliphatic rings. The number of hydrogen-bond donors (Lipinski definition) is 1. The molecule has 0 saturated carbocycles. The second-order valence-electron chi connectivity index (χ2n) is 8.92. The molecule has 0 fully saturated rings. The van der Waals surface area contributed by atoms with E-state index in [1.165, 1.54) is 23.9 Å². The number of amides is 2. The molecule has 1 atom stereocenters. The first-order chi connectivity index (χ1) is 17.5. The van der Waals surface area contributed by atoms with Gasteiger partial charge in [-0.05, 0) is 47.7 Å². The Morgan fingerprint density at radius 3 is 2.33 bits per heavy atom. The highest BCUT2D eigenvalue weighted by Gasteiger charge is 2.30. The number of carbonyl (C=O) groups is 2. The van der Waals surface area contributed by atoms with Gasteiger partial charge in [-0.2, -0.15) is 0 Å². The van der Waals surface area contributed by atoms with Crippen LogP contribution in [0, 0.1) is 12.7 Å². The zero-order valence-electron chi connectivity index (χ0n) is 21.1. The van der Waals surface area contributed by atoms with Crippen molar-refractivity contribution in [2.45, 2.75) is 51.4 Å². The molecule has 36 heavy (non-hydrogen) atoms. The van der Waals surface area contributed by atoms with Crippen molar-refractivity contribution < 1.29 is 14.0 Å². The lowest BCUT2D eigenvalue weighted by Gasteiger charge is -2.32. The molecule has 0 bridgehead atoms. The maximum Gasteiger partial charge on any atom is 0.243 e. The second-order valence-corrected chi connectivity index (χ2v) is 9.90. The third-order valence-electron chi connectivity index (χ3n) is 6.11. The van der Waals surface area contributed by atoms with E-state index in [0.717, 1.165) is 35.1 Å². The molecule has 0 aliphatic carbocycles. The standard InChI is InChI=1S/C30H35FN2O2S/c1-3-4-18-32-30(35)28(19-24-11-6-5-7-12-24)33(20-26-13-9-8-10-23(26)2)29(34)22-36-21-25-14-16-27(31)17-15-25/h5-17,28H,3-4,18-22H2,1-2H3,(H,32,35)/t28-/m1/s1. The fourth-order valence-corrected chi connectivity index (χ4v) is 4.82. The number of aryl methyl sites for hydroxylation is 1. The largest absolute Gasteiger partial charge is 0.354 e. The number of nitrogens with one attached hydrogen (secondary N) is 1. The monoisotopic (exact) mass is 506 g/mol. The minimum atomic E-state index is -0.622. The molecule has 190 valence electrons. The Morgan fingerprint density at radius 2 is 1.64 bits per heavy atom. The van der Waals surface area contributed by atoms with E-state index in [4.69, 9.17) is 0 Å². The number of nitrogens with zero attached hydrogens (tertiary/aromatic N) is 1. The summed E-state index contributed by atoms with van der Waals surface area (Å²) in [6.07, 6.45) is 2.32. The summed E-state index contributed by atoms with van der Waals surface area (Å²) in [4.78, 5) is 28.8. The van der Waals surface area contributed by atoms with Gasteiger partial charge in [0.05, 0.1) is 5.75 Å². The summed E-state index contributed by atoms with van der Waals surface area (Å²) in [5.41, 5.74) is 4.07. The van der Waals surface area contributed by atoms with Gasteiger partial charge in [0.2, 0.25) is 11.8 Å². The summed E-state index contributed by atoms with van der Waals surface area (Å²) in [5, 5.41) is 3.05. The van der Waals surface area contributed by atoms with Crippen LogP contribution in [0.25, 0.3) is 0 Å². The van der Waals surface area contributed by atoms with Crippen molar-refractivity contribution in [3.05, 3.63) is 107 Å². The van der Waals surface area contributed by atoms with Crippen molar-refractivity contribution in [1.29, 1.82) is 0 Å². The van der Waals surface area contributed by atoms with Crippen molar-refractivity contribution >= 4 is 23.6 Å². The predicted octanol–water partition coefficient (Wildman–Crippen LogP) is 5.92. The lowest BCUT2D eigenvalue weighted by Crippen LogP contribution is -2.51. The lowest BCUT2D eigenvalue weighted by atomic mass is 10.0. The maximum atomic E-state index is 13.6. The first-order valence-corrected chi connectivity index (χ1v) is 13.6. The highest BCUT2D eigenvalue weighted by molar-refractivity contribution is 7.99. The summed E-state index contributed by atoms with van der Waals surface area (Å²) in [6, 6.07) is 23.5. The zero-order valence-corrected chi connectivity index (χ0v) is 21.9. The van der Waals surface area contributed by atoms with Gasteiger partial charge >= 0.3 is 0 Å². The van der Waals surface area contributed by atoms with E-state index >= 15 is 0 Å². The third-order valence-corrected chi connectivity index (χ3v) is 7.10. The molecule has 0 radical (unpaired) electrons. The maximum absolute atomic E-state index is 13.6. The Hall–Kier alpha value is -3.12. The number of benzene rings is 3. The zero-order chi connectivity index (χ0) is 25.8. The molecule has 6 heteroatoms. The molecule has 0 heterocycles. The first kappa shape index (κ1) is 27.5. The van der Waals surface area contributed by atoms with Crippen LogP contribution in [0.1, 0.15) is 42.0 Å². The molecule has 2 amide bonds. The fourth-order valence-electron chi connectivity index (χ4n) is 3.95. The SMILES string of the molecule is CCCCNC(=O)[C@@H](Cc1ccccc1)N(Cc1ccccc1C)C(=O)CSCc1ccc(F)cc1. The lowest BCUT2D eigenvalue weighted by molar-refractivity contribution is -0.139. The van der Waals surface area contributed by atoms with Crippen molar-refractivity contribution in [2.75, 3.05) is 12.3 Å². The number of rotatable bonds is 13. The smallest absolute Gasteiger partial charge is 0.243 e. The Morgan fingerprint density at radius 1 is 0.944 bits per heavy atom. The van der Waals surface area contributed by atoms with Gasteiger partial charge in [-0.25, -0.2) is 4.39 Å². The molecule has 0 unspecified atom stereocenters. The van der Waals surface area contributed by atoms with E-state index in [9.17, 15) is 14.0 Å². The molecular formula is C30H35FN2O2S. The van der Waals surface area contributed by atoms with Crippen LogP contribution < -0.4 is 5.32 Å². The summed E-state index contributed by atoms with van der Waals surface area (Å²) in [7, 11) is 0. The van der Waals surface area contributed by atoms with E-state index in [-0.39, 0.29) is 23.4 Å². The van der Waals surface area contributed by atoms with E-state index in [1.54, 1.807) is 17.0 Å². The molecule has 4 nitrogen and oxygen atoms in total. The average Bonchev–Trinajstić information content (AvgIpc) is 2.89. The van der Waals surface area contributed by atoms with Crippen LogP contribution in [0.2, 0.25) is 0 Å². The Bertz CT molecular complexity index is 1110. The topological polar surface area (TPSA) is 49.4 Å². The van der Waals surface area contributed by atoms with Gasteiger partial charge in [0.25, 0.3) is 0 Å². The Balaban J connectivity index is 1.83. The van der Waals surface area contributed by atoms with E-state index in [1.807, 2.05) is 61.5 Å². The van der Waals surface area contributed by atoms with Gasteiger partial charge in [0.1, 0.15) is 11.9 Å². The van der Waals surface area contributed by atoms with Crippen molar-refractivity contribution in [2.24, 2.45) is 0 Å². The highest BCUT2D eigenvalue weighted by Crippen LogP contribution is 2.20. The Labute approximate surface area is 218 Å². The van der Waals surface area contributed by atoms with Crippen LogP contribution in [-0.2, 0) is 28.3 Å². The van der Waals surface area contributed by atoms with Crippen molar-refractivity contribution in [3.8, 4) is 0 Å². The molecule has 0 aliphatic heterocycles. The van der Waals surface area contributed by atoms with Gasteiger partial charge in [0.15, 0.2) is 0 Å². The summed E-state index contributed by atoms with van der Waals surface area (Å²) < 4.78 is 13.2. The van der Waals surface area contributed by atoms with Gasteiger partial charge < -0.3 is 10.2 Å². The molecule has 3 rings (SSSR count). The molecular weight excluding hydrogens is 471 g/mol. The fraction of sp³-hybridized carbons (Fsp3) is 0.333. The number of hydrogen-bond acceptors (Lipinski definition) is 3. The second kappa shape index (κ2) is 14.4. The third kappa shape index (κ3) is 8.52. The first-order valence-electron chi connectivity index (χ1n) is 12.5. The van der Waals surface area contributed by atoms with E-state index in [2.05, 4.69) is 12.2 Å². The number of halogens is 1. The molecule has 0 saturated heterocycles. The minimum absolute atomic E-state index is 0.0862. The van der Waals surface area contributed by atoms with Gasteiger partial charge in [-0.1, -0.05) is 80.1 Å². The molecule has 3 aromatic carbocycles. The van der Waals surface area contributed by atoms with Crippen LogP contribution >= 0.6 is 11.8 Å². The average molecular weight is 507 g/mol. The Kier molecular flexibility index (Phi) is 11.0. The van der Waals surface area contributed by atoms with E-state index < -0.39 is 6.04 Å². The van der Waals surface area contributed by atoms with Crippen LogP contribution in [0.5, 0.6) is 0 Å². The number of unbranched alkanes of at least 4 members (excludes halogenated alkanes) is 1. The molecule has 0 spiro atoms. The quantitative estimate of drug-likeness (QED) is 0.293. The summed E-state index contributed by atoms with van der Waals surface area (Å²) in [5.74, 6) is 0.337.